The molecule has 3 unspecified atom stereocenters. The molecule has 1 aliphatic heterocycles. The van der Waals surface area contributed by atoms with Crippen LogP contribution in [0.15, 0.2) is 33.9 Å². The van der Waals surface area contributed by atoms with Gasteiger partial charge in [0.25, 0.3) is 0 Å². The highest BCUT2D eigenvalue weighted by atomic mass is 79.9. The first kappa shape index (κ1) is 17.9. The number of hydrogen-bond donors (Lipinski definition) is 1. The predicted molar refractivity (Wildman–Crippen MR) is 101 cm³/mol. The van der Waals surface area contributed by atoms with Crippen molar-refractivity contribution in [2.45, 2.75) is 46.0 Å². The minimum atomic E-state index is -0.0719. The van der Waals surface area contributed by atoms with Crippen molar-refractivity contribution >= 4 is 21.9 Å². The first-order valence-electron chi connectivity index (χ1n) is 9.22. The van der Waals surface area contributed by atoms with Crippen LogP contribution in [0.1, 0.15) is 46.0 Å². The van der Waals surface area contributed by atoms with E-state index < -0.39 is 0 Å². The first-order chi connectivity index (χ1) is 11.6. The van der Waals surface area contributed by atoms with Gasteiger partial charge in [0.2, 0.25) is 0 Å². The number of esters is 1. The van der Waals surface area contributed by atoms with E-state index in [-0.39, 0.29) is 17.3 Å². The van der Waals surface area contributed by atoms with Crippen molar-refractivity contribution in [2.24, 2.45) is 17.3 Å². The first-order valence-corrected chi connectivity index (χ1v) is 10.0. The van der Waals surface area contributed by atoms with Crippen LogP contribution < -0.4 is 5.32 Å². The number of halogens is 1. The molecule has 1 heterocycles. The van der Waals surface area contributed by atoms with Crippen molar-refractivity contribution in [3.05, 3.63) is 33.9 Å². The third-order valence-corrected chi connectivity index (χ3v) is 6.58. The summed E-state index contributed by atoms with van der Waals surface area (Å²) < 4.78 is 6.55. The molecular weight excluding hydrogens is 366 g/mol. The summed E-state index contributed by atoms with van der Waals surface area (Å²) in [6.07, 6.45) is 12.1. The molecule has 1 spiro atoms. The summed E-state index contributed by atoms with van der Waals surface area (Å²) in [5, 5.41) is 3.55. The number of hydrogen-bond acceptors (Lipinski definition) is 3. The Balaban J connectivity index is 1.99. The van der Waals surface area contributed by atoms with Crippen molar-refractivity contribution in [3.63, 3.8) is 0 Å². The Morgan fingerprint density at radius 3 is 3.08 bits per heavy atom. The van der Waals surface area contributed by atoms with Crippen LogP contribution >= 0.6 is 15.9 Å². The van der Waals surface area contributed by atoms with E-state index in [1.54, 1.807) is 0 Å². The van der Waals surface area contributed by atoms with Gasteiger partial charge in [-0.2, -0.15) is 0 Å². The van der Waals surface area contributed by atoms with E-state index >= 15 is 0 Å². The Kier molecular flexibility index (Phi) is 5.66. The summed E-state index contributed by atoms with van der Waals surface area (Å²) in [5.74, 6) is 0.171. The summed E-state index contributed by atoms with van der Waals surface area (Å²) >= 11 is 3.84. The molecule has 0 aromatic heterocycles. The summed E-state index contributed by atoms with van der Waals surface area (Å²) in [4.78, 5) is 12.4. The van der Waals surface area contributed by atoms with Gasteiger partial charge in [-0.3, -0.25) is 4.79 Å². The van der Waals surface area contributed by atoms with E-state index in [1.807, 2.05) is 13.8 Å². The number of nitrogens with one attached hydrogen (secondary N) is 1. The summed E-state index contributed by atoms with van der Waals surface area (Å²) in [6.45, 7) is 6.55. The van der Waals surface area contributed by atoms with Gasteiger partial charge in [0.15, 0.2) is 0 Å². The molecule has 0 amide bonds. The third kappa shape index (κ3) is 3.28. The van der Waals surface area contributed by atoms with E-state index in [0.29, 0.717) is 12.5 Å². The highest BCUT2D eigenvalue weighted by Crippen LogP contribution is 2.58. The molecule has 3 rings (SSSR count). The lowest BCUT2D eigenvalue weighted by atomic mass is 9.73. The van der Waals surface area contributed by atoms with Crippen LogP contribution in [0.4, 0.5) is 0 Å². The van der Waals surface area contributed by atoms with Gasteiger partial charge in [-0.05, 0) is 75.1 Å². The molecular formula is C20H28BrNO2. The zero-order valence-electron chi connectivity index (χ0n) is 14.7. The number of carbonyl (C=O) groups is 1. The van der Waals surface area contributed by atoms with Crippen molar-refractivity contribution in [2.75, 3.05) is 19.7 Å². The van der Waals surface area contributed by atoms with Crippen LogP contribution in [0.25, 0.3) is 0 Å². The molecule has 2 aliphatic carbocycles. The fourth-order valence-electron chi connectivity index (χ4n) is 4.76. The van der Waals surface area contributed by atoms with Gasteiger partial charge in [-0.15, -0.1) is 0 Å². The maximum Gasteiger partial charge on any atom is 0.309 e. The van der Waals surface area contributed by atoms with Crippen LogP contribution in [-0.4, -0.2) is 25.7 Å². The van der Waals surface area contributed by atoms with Gasteiger partial charge in [0.1, 0.15) is 0 Å². The lowest BCUT2D eigenvalue weighted by Crippen LogP contribution is -2.27. The highest BCUT2D eigenvalue weighted by molar-refractivity contribution is 9.12. The molecule has 0 bridgehead atoms. The number of allylic oxidation sites excluding steroid dienone is 6. The molecule has 1 fully saturated rings. The molecule has 1 saturated heterocycles. The molecule has 3 atom stereocenters. The molecule has 0 saturated carbocycles. The number of carbonyl (C=O) groups excluding carboxylic acids is 1. The minimum Gasteiger partial charge on any atom is -0.466 e. The lowest BCUT2D eigenvalue weighted by molar-refractivity contribution is -0.149. The summed E-state index contributed by atoms with van der Waals surface area (Å²) in [5.41, 5.74) is 3.14. The predicted octanol–water partition coefficient (Wildman–Crippen LogP) is 4.50. The van der Waals surface area contributed by atoms with E-state index in [0.717, 1.165) is 32.4 Å². The topological polar surface area (TPSA) is 38.3 Å². The quantitative estimate of drug-likeness (QED) is 0.717. The second kappa shape index (κ2) is 7.57. The van der Waals surface area contributed by atoms with Crippen molar-refractivity contribution < 1.29 is 9.53 Å². The monoisotopic (exact) mass is 393 g/mol. The zero-order valence-corrected chi connectivity index (χ0v) is 16.3. The Labute approximate surface area is 153 Å². The lowest BCUT2D eigenvalue weighted by Gasteiger charge is -2.32. The summed E-state index contributed by atoms with van der Waals surface area (Å²) in [6, 6.07) is 0. The summed E-state index contributed by atoms with van der Waals surface area (Å²) in [7, 11) is 0. The Hall–Kier alpha value is -0.870. The smallest absolute Gasteiger partial charge is 0.309 e. The third-order valence-electron chi connectivity index (χ3n) is 5.92. The van der Waals surface area contributed by atoms with Crippen LogP contribution in [0.3, 0.4) is 0 Å². The van der Waals surface area contributed by atoms with Crippen LogP contribution in [0.5, 0.6) is 0 Å². The standard InChI is InChI=1S/C20H28BrNO2/c1-3-24-19(23)14(2)16-13-20(9-6-11-22-12-10-20)18-15(16)7-4-5-8-17(18)21/h4-5,8,14,16,22H,3,6-7,9-13H2,1-2H3. The molecule has 1 N–H and O–H groups in total. The molecule has 3 nitrogen and oxygen atoms in total. The maximum absolute atomic E-state index is 12.4. The van der Waals surface area contributed by atoms with Gasteiger partial charge in [0.05, 0.1) is 12.5 Å². The molecule has 0 aromatic rings. The van der Waals surface area contributed by atoms with Gasteiger partial charge >= 0.3 is 5.97 Å². The maximum atomic E-state index is 12.4. The number of ether oxygens (including phenoxy) is 1. The minimum absolute atomic E-state index is 0.0496. The Bertz CT molecular complexity index is 582. The van der Waals surface area contributed by atoms with E-state index in [2.05, 4.69) is 39.5 Å². The molecule has 4 heteroatoms. The fraction of sp³-hybridized carbons (Fsp3) is 0.650. The fourth-order valence-corrected chi connectivity index (χ4v) is 5.59. The van der Waals surface area contributed by atoms with Gasteiger partial charge < -0.3 is 10.1 Å². The van der Waals surface area contributed by atoms with Gasteiger partial charge in [-0.25, -0.2) is 0 Å². The Morgan fingerprint density at radius 1 is 1.46 bits per heavy atom. The van der Waals surface area contributed by atoms with Crippen molar-refractivity contribution in [1.29, 1.82) is 0 Å². The molecule has 0 radical (unpaired) electrons. The number of fused-ring (bicyclic) bond motifs is 1. The number of rotatable bonds is 3. The van der Waals surface area contributed by atoms with E-state index in [9.17, 15) is 4.79 Å². The highest BCUT2D eigenvalue weighted by Gasteiger charge is 2.48. The van der Waals surface area contributed by atoms with Crippen molar-refractivity contribution in [1.82, 2.24) is 5.32 Å². The van der Waals surface area contributed by atoms with Crippen LogP contribution in [0.2, 0.25) is 0 Å². The van der Waals surface area contributed by atoms with E-state index in [4.69, 9.17) is 4.74 Å². The van der Waals surface area contributed by atoms with Gasteiger partial charge in [-0.1, -0.05) is 40.6 Å². The second-order valence-corrected chi connectivity index (χ2v) is 8.14. The zero-order chi connectivity index (χ0) is 17.2. The molecule has 3 aliphatic rings. The van der Waals surface area contributed by atoms with E-state index in [1.165, 1.54) is 28.5 Å². The molecule has 24 heavy (non-hydrogen) atoms. The van der Waals surface area contributed by atoms with Crippen LogP contribution in [0, 0.1) is 17.3 Å². The average molecular weight is 394 g/mol. The largest absolute Gasteiger partial charge is 0.466 e. The SMILES string of the molecule is CCOC(=O)C(C)C1CC2(CCCNCC2)C2=C1CC=CC=C2Br. The second-order valence-electron chi connectivity index (χ2n) is 7.28. The van der Waals surface area contributed by atoms with Crippen molar-refractivity contribution in [3.8, 4) is 0 Å². The average Bonchev–Trinajstić information content (AvgIpc) is 2.73. The van der Waals surface area contributed by atoms with Crippen LogP contribution in [-0.2, 0) is 9.53 Å². The molecule has 0 aromatic carbocycles. The normalized spacial score (nSPS) is 31.3. The Morgan fingerprint density at radius 2 is 2.29 bits per heavy atom. The van der Waals surface area contributed by atoms with Gasteiger partial charge in [0, 0.05) is 4.48 Å². The molecule has 132 valence electrons.